The molecule has 1 aliphatic rings. The molecule has 1 saturated carbocycles. The molecule has 3 nitrogen and oxygen atoms in total. The predicted molar refractivity (Wildman–Crippen MR) is 175 cm³/mol. The number of carbonyl (C=O) groups excluding carboxylic acids is 1. The van der Waals surface area contributed by atoms with E-state index in [2.05, 4.69) is 79.7 Å². The normalized spacial score (nSPS) is 17.0. The van der Waals surface area contributed by atoms with E-state index >= 15 is 0 Å². The molecule has 0 amide bonds. The van der Waals surface area contributed by atoms with E-state index in [1.54, 1.807) is 0 Å². The van der Waals surface area contributed by atoms with Crippen LogP contribution in [0.1, 0.15) is 114 Å². The second kappa shape index (κ2) is 15.8. The van der Waals surface area contributed by atoms with Crippen molar-refractivity contribution in [1.29, 1.82) is 0 Å². The number of hydrogen-bond donors (Lipinski definition) is 0. The van der Waals surface area contributed by atoms with E-state index in [0.29, 0.717) is 13.0 Å². The Kier molecular flexibility index (Phi) is 11.3. The standard InChI is InChI=1S/C39H48O3/c1-2-3-4-5-6-7-8-9-10-27-39(40)42-38-26-18-16-24-35(38)34-23-15-17-25-37(34)41-29-36-32-21-13-11-19-30(32)28-31-20-12-14-22-33(31)36/h11-15,17,19-23,25,28,35,38H,2-10,16,18,24,26-27,29H2,1H3. The summed E-state index contributed by atoms with van der Waals surface area (Å²) >= 11 is 0. The average Bonchev–Trinajstić information content (AvgIpc) is 3.03. The molecule has 0 bridgehead atoms. The summed E-state index contributed by atoms with van der Waals surface area (Å²) in [5, 5.41) is 4.92. The highest BCUT2D eigenvalue weighted by Crippen LogP contribution is 2.40. The molecule has 2 unspecified atom stereocenters. The molecule has 5 rings (SSSR count). The van der Waals surface area contributed by atoms with E-state index in [1.807, 2.05) is 6.07 Å². The Hall–Kier alpha value is -3.33. The Labute approximate surface area is 252 Å². The fraction of sp³-hybridized carbons (Fsp3) is 0.462. The maximum Gasteiger partial charge on any atom is 0.306 e. The van der Waals surface area contributed by atoms with E-state index in [9.17, 15) is 4.79 Å². The molecule has 0 heterocycles. The van der Waals surface area contributed by atoms with Crippen molar-refractivity contribution in [2.75, 3.05) is 0 Å². The molecule has 0 radical (unpaired) electrons. The Morgan fingerprint density at radius 3 is 2.02 bits per heavy atom. The monoisotopic (exact) mass is 564 g/mol. The third-order valence-corrected chi connectivity index (χ3v) is 9.04. The van der Waals surface area contributed by atoms with Gasteiger partial charge in [-0.2, -0.15) is 0 Å². The van der Waals surface area contributed by atoms with Crippen molar-refractivity contribution in [1.82, 2.24) is 0 Å². The lowest BCUT2D eigenvalue weighted by Gasteiger charge is -2.32. The summed E-state index contributed by atoms with van der Waals surface area (Å²) in [5.74, 6) is 1.04. The molecule has 0 aliphatic heterocycles. The van der Waals surface area contributed by atoms with Crippen molar-refractivity contribution in [3.63, 3.8) is 0 Å². The SMILES string of the molecule is CCCCCCCCCCCC(=O)OC1CCCCC1c1ccccc1OCc1c2ccccc2cc2ccccc12. The quantitative estimate of drug-likeness (QED) is 0.0818. The number of benzene rings is 4. The van der Waals surface area contributed by atoms with Gasteiger partial charge in [-0.25, -0.2) is 0 Å². The minimum atomic E-state index is -0.0760. The second-order valence-corrected chi connectivity index (χ2v) is 12.1. The van der Waals surface area contributed by atoms with Crippen LogP contribution in [-0.2, 0) is 16.1 Å². The molecule has 0 saturated heterocycles. The highest BCUT2D eigenvalue weighted by atomic mass is 16.5. The van der Waals surface area contributed by atoms with Crippen molar-refractivity contribution < 1.29 is 14.3 Å². The molecule has 0 spiro atoms. The van der Waals surface area contributed by atoms with Gasteiger partial charge >= 0.3 is 5.97 Å². The van der Waals surface area contributed by atoms with Gasteiger partial charge in [0.25, 0.3) is 0 Å². The van der Waals surface area contributed by atoms with Gasteiger partial charge in [0.1, 0.15) is 18.5 Å². The number of carbonyl (C=O) groups is 1. The number of hydrogen-bond acceptors (Lipinski definition) is 3. The minimum absolute atomic E-state index is 0.0320. The van der Waals surface area contributed by atoms with Crippen molar-refractivity contribution in [2.45, 2.75) is 115 Å². The number of fused-ring (bicyclic) bond motifs is 2. The first-order chi connectivity index (χ1) is 20.7. The van der Waals surface area contributed by atoms with Gasteiger partial charge in [0.15, 0.2) is 0 Å². The predicted octanol–water partition coefficient (Wildman–Crippen LogP) is 11.1. The Bertz CT molecular complexity index is 1370. The molecule has 1 aliphatic carbocycles. The van der Waals surface area contributed by atoms with Crippen LogP contribution in [0.3, 0.4) is 0 Å². The molecule has 222 valence electrons. The highest BCUT2D eigenvalue weighted by molar-refractivity contribution is 6.02. The number of para-hydroxylation sites is 1. The number of ether oxygens (including phenoxy) is 2. The third-order valence-electron chi connectivity index (χ3n) is 9.04. The van der Waals surface area contributed by atoms with Crippen LogP contribution in [0.2, 0.25) is 0 Å². The van der Waals surface area contributed by atoms with E-state index in [4.69, 9.17) is 9.47 Å². The lowest BCUT2D eigenvalue weighted by molar-refractivity contribution is -0.151. The molecule has 42 heavy (non-hydrogen) atoms. The van der Waals surface area contributed by atoms with Crippen LogP contribution in [0.5, 0.6) is 5.75 Å². The van der Waals surface area contributed by atoms with E-state index < -0.39 is 0 Å². The molecule has 0 aromatic heterocycles. The number of esters is 1. The first-order valence-corrected chi connectivity index (χ1v) is 16.5. The van der Waals surface area contributed by atoms with Crippen LogP contribution >= 0.6 is 0 Å². The first-order valence-electron chi connectivity index (χ1n) is 16.5. The topological polar surface area (TPSA) is 35.5 Å². The Balaban J connectivity index is 1.21. The van der Waals surface area contributed by atoms with Gasteiger partial charge in [-0.3, -0.25) is 4.79 Å². The number of unbranched alkanes of at least 4 members (excludes halogenated alkanes) is 8. The summed E-state index contributed by atoms with van der Waals surface area (Å²) in [6.45, 7) is 2.75. The van der Waals surface area contributed by atoms with Crippen molar-refractivity contribution in [3.05, 3.63) is 90.0 Å². The van der Waals surface area contributed by atoms with Crippen molar-refractivity contribution in [2.24, 2.45) is 0 Å². The summed E-state index contributed by atoms with van der Waals surface area (Å²) in [4.78, 5) is 12.9. The Morgan fingerprint density at radius 2 is 1.31 bits per heavy atom. The van der Waals surface area contributed by atoms with E-state index in [-0.39, 0.29) is 18.0 Å². The summed E-state index contributed by atoms with van der Waals surface area (Å²) in [6.07, 6.45) is 15.9. The smallest absolute Gasteiger partial charge is 0.306 e. The average molecular weight is 565 g/mol. The van der Waals surface area contributed by atoms with Gasteiger partial charge in [-0.15, -0.1) is 0 Å². The molecule has 1 fully saturated rings. The Morgan fingerprint density at radius 1 is 0.714 bits per heavy atom. The zero-order valence-corrected chi connectivity index (χ0v) is 25.5. The minimum Gasteiger partial charge on any atom is -0.489 e. The van der Waals surface area contributed by atoms with Crippen LogP contribution in [0.15, 0.2) is 78.9 Å². The summed E-state index contributed by atoms with van der Waals surface area (Å²) in [5.41, 5.74) is 2.38. The van der Waals surface area contributed by atoms with Crippen LogP contribution in [0, 0.1) is 0 Å². The fourth-order valence-electron chi connectivity index (χ4n) is 6.73. The highest BCUT2D eigenvalue weighted by Gasteiger charge is 2.31. The van der Waals surface area contributed by atoms with E-state index in [0.717, 1.165) is 44.3 Å². The summed E-state index contributed by atoms with van der Waals surface area (Å²) in [6, 6.07) is 27.8. The van der Waals surface area contributed by atoms with Gasteiger partial charge in [0.2, 0.25) is 0 Å². The molecule has 3 heteroatoms. The van der Waals surface area contributed by atoms with Crippen LogP contribution in [0.25, 0.3) is 21.5 Å². The maximum absolute atomic E-state index is 12.9. The summed E-state index contributed by atoms with van der Waals surface area (Å²) in [7, 11) is 0. The molecule has 4 aromatic rings. The zero-order valence-electron chi connectivity index (χ0n) is 25.5. The van der Waals surface area contributed by atoms with Crippen LogP contribution in [0.4, 0.5) is 0 Å². The molecular weight excluding hydrogens is 516 g/mol. The second-order valence-electron chi connectivity index (χ2n) is 12.1. The molecule has 0 N–H and O–H groups in total. The molecule has 4 aromatic carbocycles. The van der Waals surface area contributed by atoms with Gasteiger partial charge in [-0.1, -0.05) is 131 Å². The van der Waals surface area contributed by atoms with Crippen LogP contribution < -0.4 is 4.74 Å². The van der Waals surface area contributed by atoms with Crippen LogP contribution in [-0.4, -0.2) is 12.1 Å². The lowest BCUT2D eigenvalue weighted by Crippen LogP contribution is -2.29. The third kappa shape index (κ3) is 7.94. The zero-order chi connectivity index (χ0) is 29.0. The molecular formula is C39H48O3. The largest absolute Gasteiger partial charge is 0.489 e. The van der Waals surface area contributed by atoms with Crippen molar-refractivity contribution in [3.8, 4) is 5.75 Å². The fourth-order valence-corrected chi connectivity index (χ4v) is 6.73. The molecule has 2 atom stereocenters. The lowest BCUT2D eigenvalue weighted by atomic mass is 9.81. The first kappa shape index (κ1) is 30.1. The summed E-state index contributed by atoms with van der Waals surface area (Å²) < 4.78 is 12.8. The van der Waals surface area contributed by atoms with Gasteiger partial charge in [-0.05, 0) is 59.4 Å². The number of rotatable bonds is 15. The maximum atomic E-state index is 12.9. The van der Waals surface area contributed by atoms with Gasteiger partial charge in [0.05, 0.1) is 0 Å². The van der Waals surface area contributed by atoms with Gasteiger partial charge < -0.3 is 9.47 Å². The van der Waals surface area contributed by atoms with Crippen molar-refractivity contribution >= 4 is 27.5 Å². The van der Waals surface area contributed by atoms with E-state index in [1.165, 1.54) is 77.6 Å². The van der Waals surface area contributed by atoms with Gasteiger partial charge in [0, 0.05) is 23.5 Å².